The first kappa shape index (κ1) is 15.7. The molecule has 2 heteroatoms. The summed E-state index contributed by atoms with van der Waals surface area (Å²) in [7, 11) is 2.08. The molecular formula is C18H27NS. The van der Waals surface area contributed by atoms with E-state index in [1.54, 1.807) is 5.57 Å². The lowest BCUT2D eigenvalue weighted by molar-refractivity contribution is 0.574. The van der Waals surface area contributed by atoms with Crippen molar-refractivity contribution in [2.75, 3.05) is 12.8 Å². The lowest BCUT2D eigenvalue weighted by atomic mass is 9.91. The summed E-state index contributed by atoms with van der Waals surface area (Å²) in [4.78, 5) is 1.37. The maximum Gasteiger partial charge on any atom is 0.0533 e. The summed E-state index contributed by atoms with van der Waals surface area (Å²) in [5, 5.41) is 3.51. The van der Waals surface area contributed by atoms with Gasteiger partial charge in [-0.05, 0) is 56.2 Å². The van der Waals surface area contributed by atoms with E-state index in [-0.39, 0.29) is 0 Å². The Labute approximate surface area is 128 Å². The number of thioether (sulfide) groups is 1. The highest BCUT2D eigenvalue weighted by molar-refractivity contribution is 7.99. The van der Waals surface area contributed by atoms with E-state index in [4.69, 9.17) is 0 Å². The first-order valence-corrected chi connectivity index (χ1v) is 8.92. The number of rotatable bonds is 5. The Bertz CT molecular complexity index is 422. The van der Waals surface area contributed by atoms with Crippen molar-refractivity contribution in [1.82, 2.24) is 5.32 Å². The molecule has 20 heavy (non-hydrogen) atoms. The monoisotopic (exact) mass is 289 g/mol. The van der Waals surface area contributed by atoms with Crippen molar-refractivity contribution >= 4 is 11.8 Å². The van der Waals surface area contributed by atoms with Gasteiger partial charge in [0.25, 0.3) is 0 Å². The molecular weight excluding hydrogens is 262 g/mol. The Balaban J connectivity index is 2.13. The van der Waals surface area contributed by atoms with E-state index < -0.39 is 0 Å². The summed E-state index contributed by atoms with van der Waals surface area (Å²) in [6.07, 6.45) is 10.5. The molecule has 0 aliphatic heterocycles. The van der Waals surface area contributed by atoms with Gasteiger partial charge in [-0.25, -0.2) is 0 Å². The van der Waals surface area contributed by atoms with Gasteiger partial charge in [0.05, 0.1) is 6.04 Å². The predicted octanol–water partition coefficient (Wildman–Crippen LogP) is 5.34. The number of likely N-dealkylation sites (N-methyl/N-ethyl adjacent to an activating group) is 1. The lowest BCUT2D eigenvalue weighted by Crippen LogP contribution is -2.19. The van der Waals surface area contributed by atoms with Gasteiger partial charge in [-0.1, -0.05) is 43.5 Å². The van der Waals surface area contributed by atoms with E-state index >= 15 is 0 Å². The maximum atomic E-state index is 3.51. The van der Waals surface area contributed by atoms with Gasteiger partial charge < -0.3 is 5.32 Å². The summed E-state index contributed by atoms with van der Waals surface area (Å²) < 4.78 is 0. The van der Waals surface area contributed by atoms with Crippen molar-refractivity contribution in [3.05, 3.63) is 41.5 Å². The molecule has 1 atom stereocenters. The van der Waals surface area contributed by atoms with Crippen LogP contribution in [0.4, 0.5) is 0 Å². The zero-order valence-corrected chi connectivity index (χ0v) is 13.6. The standard InChI is InChI=1S/C18H27NS/c1-3-20-17-13-11-16(12-14-17)18(19-2)15-9-7-5-4-6-8-10-15/h9,11-14,18-19H,3-8,10H2,1-2H3/b15-9+. The average Bonchev–Trinajstić information content (AvgIpc) is 2.43. The van der Waals surface area contributed by atoms with Gasteiger partial charge in [0, 0.05) is 4.90 Å². The zero-order valence-electron chi connectivity index (χ0n) is 12.8. The molecule has 110 valence electrons. The second-order valence-electron chi connectivity index (χ2n) is 5.46. The number of allylic oxidation sites excluding steroid dienone is 1. The number of hydrogen-bond donors (Lipinski definition) is 1. The average molecular weight is 289 g/mol. The lowest BCUT2D eigenvalue weighted by Gasteiger charge is -2.22. The third-order valence-electron chi connectivity index (χ3n) is 4.01. The molecule has 0 radical (unpaired) electrons. The maximum absolute atomic E-state index is 3.51. The number of nitrogens with one attached hydrogen (secondary N) is 1. The van der Waals surface area contributed by atoms with Crippen molar-refractivity contribution in [3.63, 3.8) is 0 Å². The Hall–Kier alpha value is -0.730. The number of benzene rings is 1. The van der Waals surface area contributed by atoms with Crippen LogP contribution in [0, 0.1) is 0 Å². The summed E-state index contributed by atoms with van der Waals surface area (Å²) in [5.74, 6) is 1.14. The van der Waals surface area contributed by atoms with E-state index in [9.17, 15) is 0 Å². The third kappa shape index (κ3) is 4.39. The molecule has 1 aliphatic carbocycles. The van der Waals surface area contributed by atoms with Crippen LogP contribution in [0.5, 0.6) is 0 Å². The van der Waals surface area contributed by atoms with E-state index in [1.165, 1.54) is 49.0 Å². The molecule has 0 spiro atoms. The fourth-order valence-corrected chi connectivity index (χ4v) is 3.63. The van der Waals surface area contributed by atoms with Crippen LogP contribution >= 0.6 is 11.8 Å². The van der Waals surface area contributed by atoms with Crippen molar-refractivity contribution in [2.24, 2.45) is 0 Å². The fraction of sp³-hybridized carbons (Fsp3) is 0.556. The Kier molecular flexibility index (Phi) is 6.68. The summed E-state index contributed by atoms with van der Waals surface area (Å²) in [5.41, 5.74) is 2.99. The fourth-order valence-electron chi connectivity index (χ4n) is 2.97. The molecule has 2 rings (SSSR count). The smallest absolute Gasteiger partial charge is 0.0533 e. The van der Waals surface area contributed by atoms with Crippen LogP contribution in [0.3, 0.4) is 0 Å². The van der Waals surface area contributed by atoms with Gasteiger partial charge in [-0.3, -0.25) is 0 Å². The van der Waals surface area contributed by atoms with Gasteiger partial charge in [-0.15, -0.1) is 11.8 Å². The molecule has 0 saturated heterocycles. The highest BCUT2D eigenvalue weighted by Crippen LogP contribution is 2.29. The summed E-state index contributed by atoms with van der Waals surface area (Å²) in [6, 6.07) is 9.50. The molecule has 1 aromatic carbocycles. The molecule has 1 aromatic rings. The van der Waals surface area contributed by atoms with Crippen LogP contribution in [0.1, 0.15) is 57.1 Å². The van der Waals surface area contributed by atoms with Crippen LogP contribution in [0.2, 0.25) is 0 Å². The van der Waals surface area contributed by atoms with E-state index in [1.807, 2.05) is 11.8 Å². The van der Waals surface area contributed by atoms with Crippen molar-refractivity contribution in [2.45, 2.75) is 56.4 Å². The minimum atomic E-state index is 0.397. The van der Waals surface area contributed by atoms with Crippen molar-refractivity contribution in [3.8, 4) is 0 Å². The van der Waals surface area contributed by atoms with Crippen LogP contribution in [-0.4, -0.2) is 12.8 Å². The topological polar surface area (TPSA) is 12.0 Å². The highest BCUT2D eigenvalue weighted by atomic mass is 32.2. The van der Waals surface area contributed by atoms with Crippen molar-refractivity contribution in [1.29, 1.82) is 0 Å². The molecule has 0 saturated carbocycles. The molecule has 1 nitrogen and oxygen atoms in total. The molecule has 0 amide bonds. The van der Waals surface area contributed by atoms with E-state index in [2.05, 4.69) is 49.6 Å². The van der Waals surface area contributed by atoms with Crippen LogP contribution in [0.15, 0.2) is 40.8 Å². The first-order valence-electron chi connectivity index (χ1n) is 7.94. The Morgan fingerprint density at radius 1 is 1.10 bits per heavy atom. The molecule has 0 aromatic heterocycles. The van der Waals surface area contributed by atoms with Gasteiger partial charge in [-0.2, -0.15) is 0 Å². The van der Waals surface area contributed by atoms with Crippen LogP contribution < -0.4 is 5.32 Å². The molecule has 0 fully saturated rings. The third-order valence-corrected chi connectivity index (χ3v) is 4.90. The van der Waals surface area contributed by atoms with E-state index in [0.29, 0.717) is 6.04 Å². The highest BCUT2D eigenvalue weighted by Gasteiger charge is 2.15. The molecule has 0 bridgehead atoms. The van der Waals surface area contributed by atoms with Crippen LogP contribution in [0.25, 0.3) is 0 Å². The molecule has 1 N–H and O–H groups in total. The second kappa shape index (κ2) is 8.53. The van der Waals surface area contributed by atoms with Crippen molar-refractivity contribution < 1.29 is 0 Å². The SMILES string of the molecule is CCSc1ccc(C(NC)/C2=C/CCCCCC2)cc1. The normalized spacial score (nSPS) is 20.6. The van der Waals surface area contributed by atoms with Gasteiger partial charge >= 0.3 is 0 Å². The zero-order chi connectivity index (χ0) is 14.2. The first-order chi connectivity index (χ1) is 9.85. The molecule has 1 aliphatic rings. The quantitative estimate of drug-likeness (QED) is 0.580. The second-order valence-corrected chi connectivity index (χ2v) is 6.79. The van der Waals surface area contributed by atoms with E-state index in [0.717, 1.165) is 5.75 Å². The van der Waals surface area contributed by atoms with Gasteiger partial charge in [0.1, 0.15) is 0 Å². The van der Waals surface area contributed by atoms with Gasteiger partial charge in [0.2, 0.25) is 0 Å². The van der Waals surface area contributed by atoms with Crippen LogP contribution in [-0.2, 0) is 0 Å². The predicted molar refractivity (Wildman–Crippen MR) is 90.4 cm³/mol. The Morgan fingerprint density at radius 2 is 1.85 bits per heavy atom. The largest absolute Gasteiger partial charge is 0.310 e. The summed E-state index contributed by atoms with van der Waals surface area (Å²) in [6.45, 7) is 2.20. The Morgan fingerprint density at radius 3 is 2.55 bits per heavy atom. The number of hydrogen-bond acceptors (Lipinski definition) is 2. The van der Waals surface area contributed by atoms with Gasteiger partial charge in [0.15, 0.2) is 0 Å². The minimum Gasteiger partial charge on any atom is -0.310 e. The minimum absolute atomic E-state index is 0.397. The summed E-state index contributed by atoms with van der Waals surface area (Å²) >= 11 is 1.91. The molecule has 1 unspecified atom stereocenters. The molecule has 0 heterocycles.